The molecule has 40 heavy (non-hydrogen) atoms. The van der Waals surface area contributed by atoms with E-state index in [1.54, 1.807) is 36.9 Å². The quantitative estimate of drug-likeness (QED) is 0.312. The minimum Gasteiger partial charge on any atom is -0.490 e. The van der Waals surface area contributed by atoms with Crippen molar-refractivity contribution in [3.8, 4) is 11.5 Å². The predicted octanol–water partition coefficient (Wildman–Crippen LogP) is 3.52. The van der Waals surface area contributed by atoms with E-state index < -0.39 is 30.0 Å². The average Bonchev–Trinajstić information content (AvgIpc) is 3.68. The Morgan fingerprint density at radius 3 is 2.35 bits per heavy atom. The summed E-state index contributed by atoms with van der Waals surface area (Å²) in [6.45, 7) is 9.21. The number of aliphatic hydroxyl groups is 2. The van der Waals surface area contributed by atoms with Gasteiger partial charge in [-0.2, -0.15) is 0 Å². The Balaban J connectivity index is 1.67. The third-order valence-electron chi connectivity index (χ3n) is 7.42. The number of fused-ring (bicyclic) bond motifs is 2. The number of halogens is 1. The highest BCUT2D eigenvalue weighted by Gasteiger charge is 2.58. The van der Waals surface area contributed by atoms with E-state index in [1.165, 1.54) is 6.07 Å². The minimum absolute atomic E-state index is 0.0309. The second-order valence-corrected chi connectivity index (χ2v) is 11.3. The van der Waals surface area contributed by atoms with Gasteiger partial charge in [-0.1, -0.05) is 20.8 Å². The van der Waals surface area contributed by atoms with Gasteiger partial charge in [0.15, 0.2) is 23.1 Å². The summed E-state index contributed by atoms with van der Waals surface area (Å²) in [6.07, 6.45) is 0.231. The first-order valence-corrected chi connectivity index (χ1v) is 13.6. The number of carbonyl (C=O) groups excluding carboxylic acids is 2. The number of carbonyl (C=O) groups is 2. The van der Waals surface area contributed by atoms with Gasteiger partial charge in [-0.15, -0.1) is 0 Å². The van der Waals surface area contributed by atoms with Crippen molar-refractivity contribution < 1.29 is 33.7 Å². The maximum atomic E-state index is 15.7. The van der Waals surface area contributed by atoms with Crippen LogP contribution in [0.1, 0.15) is 84.9 Å². The number of aliphatic hydroxyl groups excluding tert-OH is 2. The monoisotopic (exact) mass is 555 g/mol. The van der Waals surface area contributed by atoms with Crippen LogP contribution in [0.2, 0.25) is 0 Å². The van der Waals surface area contributed by atoms with Crippen molar-refractivity contribution in [1.82, 2.24) is 10.2 Å². The van der Waals surface area contributed by atoms with E-state index in [-0.39, 0.29) is 59.4 Å². The molecule has 9 nitrogen and oxygen atoms in total. The van der Waals surface area contributed by atoms with Gasteiger partial charge in [0.25, 0.3) is 5.91 Å². The second kappa shape index (κ2) is 11.2. The Kier molecular flexibility index (Phi) is 8.23. The first kappa shape index (κ1) is 29.5. The molecule has 1 heterocycles. The van der Waals surface area contributed by atoms with E-state index >= 15 is 4.39 Å². The first-order chi connectivity index (χ1) is 18.9. The van der Waals surface area contributed by atoms with Crippen LogP contribution in [0.4, 0.5) is 4.39 Å². The molecule has 4 N–H and O–H groups in total. The van der Waals surface area contributed by atoms with Crippen LogP contribution in [0.3, 0.4) is 0 Å². The topological polar surface area (TPSA) is 132 Å². The third-order valence-corrected chi connectivity index (χ3v) is 7.42. The number of rotatable bonds is 11. The van der Waals surface area contributed by atoms with Crippen molar-refractivity contribution in [2.75, 3.05) is 32.9 Å². The molecule has 0 bridgehead atoms. The van der Waals surface area contributed by atoms with Crippen molar-refractivity contribution >= 4 is 17.5 Å². The van der Waals surface area contributed by atoms with Crippen LogP contribution in [-0.2, 0) is 11.0 Å². The zero-order valence-corrected chi connectivity index (χ0v) is 23.7. The molecular weight excluding hydrogens is 517 g/mol. The summed E-state index contributed by atoms with van der Waals surface area (Å²) >= 11 is 0. The summed E-state index contributed by atoms with van der Waals surface area (Å²) in [5, 5.41) is 30.1. The van der Waals surface area contributed by atoms with E-state index in [9.17, 15) is 14.7 Å². The van der Waals surface area contributed by atoms with Crippen LogP contribution in [0, 0.1) is 11.2 Å². The molecule has 2 aromatic rings. The van der Waals surface area contributed by atoms with Crippen molar-refractivity contribution in [3.63, 3.8) is 0 Å². The molecule has 1 aliphatic heterocycles. The molecule has 1 spiro atoms. The van der Waals surface area contributed by atoms with Gasteiger partial charge in [0.05, 0.1) is 43.6 Å². The van der Waals surface area contributed by atoms with Crippen molar-refractivity contribution in [3.05, 3.63) is 57.9 Å². The minimum atomic E-state index is -1.10. The number of Topliss-reactive ketones (excluding diaryl/α,β-unsaturated/α-hetero) is 1. The number of amidine groups is 1. The van der Waals surface area contributed by atoms with Crippen LogP contribution in [0.5, 0.6) is 11.5 Å². The Bertz CT molecular complexity index is 1330. The number of ketones is 1. The first-order valence-electron chi connectivity index (χ1n) is 13.6. The molecule has 0 aromatic heterocycles. The summed E-state index contributed by atoms with van der Waals surface area (Å²) in [7, 11) is 0. The SMILES string of the molecule is CCOc1cc2c(c(F)c1OCC)C(=N)N(CC(=O)c1cc(C(=O)NCC(O)CO)cc(C(C)(C)C)c1)C21CC1. The molecule has 0 radical (unpaired) electrons. The van der Waals surface area contributed by atoms with Gasteiger partial charge in [0.2, 0.25) is 0 Å². The molecule has 4 rings (SSSR count). The number of nitrogens with one attached hydrogen (secondary N) is 2. The summed E-state index contributed by atoms with van der Waals surface area (Å²) in [4.78, 5) is 28.2. The predicted molar refractivity (Wildman–Crippen MR) is 148 cm³/mol. The molecule has 1 atom stereocenters. The van der Waals surface area contributed by atoms with Gasteiger partial charge >= 0.3 is 0 Å². The Labute approximate surface area is 233 Å². The molecule has 0 saturated heterocycles. The molecule has 1 aliphatic carbocycles. The summed E-state index contributed by atoms with van der Waals surface area (Å²) < 4.78 is 27.0. The zero-order chi connectivity index (χ0) is 29.4. The number of hydrogen-bond acceptors (Lipinski definition) is 7. The molecule has 1 saturated carbocycles. The van der Waals surface area contributed by atoms with Gasteiger partial charge in [-0.25, -0.2) is 4.39 Å². The number of nitrogens with zero attached hydrogens (tertiary/aromatic N) is 1. The second-order valence-electron chi connectivity index (χ2n) is 11.3. The van der Waals surface area contributed by atoms with Gasteiger partial charge < -0.3 is 29.9 Å². The van der Waals surface area contributed by atoms with E-state index in [1.807, 2.05) is 20.8 Å². The molecule has 1 unspecified atom stereocenters. The smallest absolute Gasteiger partial charge is 0.251 e. The molecule has 1 fully saturated rings. The van der Waals surface area contributed by atoms with E-state index in [2.05, 4.69) is 5.32 Å². The van der Waals surface area contributed by atoms with Crippen molar-refractivity contribution in [2.45, 2.75) is 64.5 Å². The lowest BCUT2D eigenvalue weighted by Gasteiger charge is -2.27. The lowest BCUT2D eigenvalue weighted by atomic mass is 9.84. The molecule has 216 valence electrons. The maximum Gasteiger partial charge on any atom is 0.251 e. The number of hydrogen-bond donors (Lipinski definition) is 4. The molecule has 2 aliphatic rings. The van der Waals surface area contributed by atoms with Crippen LogP contribution in [0.25, 0.3) is 0 Å². The Morgan fingerprint density at radius 2 is 1.77 bits per heavy atom. The normalized spacial score (nSPS) is 16.1. The third kappa shape index (κ3) is 5.42. The number of benzene rings is 2. The highest BCUT2D eigenvalue weighted by molar-refractivity contribution is 6.08. The fraction of sp³-hybridized carbons (Fsp3) is 0.500. The van der Waals surface area contributed by atoms with E-state index in [4.69, 9.17) is 20.0 Å². The van der Waals surface area contributed by atoms with Crippen LogP contribution >= 0.6 is 0 Å². The van der Waals surface area contributed by atoms with Crippen molar-refractivity contribution in [1.29, 1.82) is 5.41 Å². The Hall–Kier alpha value is -3.50. The highest BCUT2D eigenvalue weighted by atomic mass is 19.1. The van der Waals surface area contributed by atoms with Gasteiger partial charge in [-0.05, 0) is 67.5 Å². The summed E-state index contributed by atoms with van der Waals surface area (Å²) in [6, 6.07) is 6.68. The van der Waals surface area contributed by atoms with Crippen LogP contribution in [-0.4, -0.2) is 71.7 Å². The van der Waals surface area contributed by atoms with E-state index in [0.717, 1.165) is 5.56 Å². The largest absolute Gasteiger partial charge is 0.490 e. The van der Waals surface area contributed by atoms with Gasteiger partial charge in [0.1, 0.15) is 5.84 Å². The van der Waals surface area contributed by atoms with Crippen LogP contribution < -0.4 is 14.8 Å². The maximum absolute atomic E-state index is 15.7. The van der Waals surface area contributed by atoms with E-state index in [0.29, 0.717) is 30.6 Å². The lowest BCUT2D eigenvalue weighted by molar-refractivity contribution is 0.0802. The molecule has 10 heteroatoms. The van der Waals surface area contributed by atoms with Crippen molar-refractivity contribution in [2.24, 2.45) is 0 Å². The van der Waals surface area contributed by atoms with Gasteiger partial charge in [0, 0.05) is 17.7 Å². The van der Waals surface area contributed by atoms with Gasteiger partial charge in [-0.3, -0.25) is 15.0 Å². The standard InChI is InChI=1S/C30H38FN3O6/c1-6-39-23-13-21-24(25(31)26(23)40-7-2)27(32)34(30(21)8-9-30)15-22(37)17-10-18(12-19(11-17)29(3,4)5)28(38)33-14-20(36)16-35/h10-13,20,32,35-36H,6-9,14-16H2,1-5H3,(H,33,38). The molecule has 1 amide bonds. The van der Waals surface area contributed by atoms with Crippen LogP contribution in [0.15, 0.2) is 24.3 Å². The number of ether oxygens (including phenoxy) is 2. The summed E-state index contributed by atoms with van der Waals surface area (Å²) in [5.41, 5.74) is 1.02. The molecule has 2 aromatic carbocycles. The fourth-order valence-corrected chi connectivity index (χ4v) is 5.10. The molecular formula is C30H38FN3O6. The average molecular weight is 556 g/mol. The highest BCUT2D eigenvalue weighted by Crippen LogP contribution is 2.58. The fourth-order valence-electron chi connectivity index (χ4n) is 5.10. The Morgan fingerprint density at radius 1 is 1.12 bits per heavy atom. The number of amides is 1. The zero-order valence-electron chi connectivity index (χ0n) is 23.7. The lowest BCUT2D eigenvalue weighted by Crippen LogP contribution is -2.38. The summed E-state index contributed by atoms with van der Waals surface area (Å²) in [5.74, 6) is -1.28.